The predicted molar refractivity (Wildman–Crippen MR) is 112 cm³/mol. The number of hydrogen-bond acceptors (Lipinski definition) is 5. The van der Waals surface area contributed by atoms with Crippen LogP contribution in [-0.2, 0) is 20.8 Å². The van der Waals surface area contributed by atoms with E-state index in [4.69, 9.17) is 0 Å². The van der Waals surface area contributed by atoms with Crippen molar-refractivity contribution < 1.29 is 48.7 Å². The summed E-state index contributed by atoms with van der Waals surface area (Å²) in [5, 5.41) is 2.07. The summed E-state index contributed by atoms with van der Waals surface area (Å²) < 4.78 is 120. The lowest BCUT2D eigenvalue weighted by molar-refractivity contribution is -0.178. The second-order valence-corrected chi connectivity index (χ2v) is 10.6. The highest BCUT2D eigenvalue weighted by Gasteiger charge is 2.61. The third kappa shape index (κ3) is 5.17. The van der Waals surface area contributed by atoms with Crippen LogP contribution in [0, 0.1) is 11.6 Å². The molecule has 4 rings (SSSR count). The monoisotopic (exact) mass is 551 g/mol. The standard InChI is InChI=1S/C22H16F7N3O4S/c1-37(35,36)12-4-11(7-30-8-12)20(34)32-9-21(25,26)18(32)19(33)31-17(10-2-3-10)13-5-16(24)14(6-15(13)23)22(27,28)29/h2,4-8,17-18H,3,9H2,1H3,(H,31,33)/t17-,18?/m1/s1. The van der Waals surface area contributed by atoms with Gasteiger partial charge in [0.15, 0.2) is 15.9 Å². The van der Waals surface area contributed by atoms with Gasteiger partial charge in [0.25, 0.3) is 11.8 Å². The number of likely N-dealkylation sites (tertiary alicyclic amines) is 1. The van der Waals surface area contributed by atoms with Crippen LogP contribution in [0.25, 0.3) is 0 Å². The van der Waals surface area contributed by atoms with Gasteiger partial charge < -0.3 is 10.2 Å². The van der Waals surface area contributed by atoms with Crippen molar-refractivity contribution >= 4 is 21.7 Å². The van der Waals surface area contributed by atoms with E-state index in [9.17, 15) is 48.7 Å². The van der Waals surface area contributed by atoms with Gasteiger partial charge in [-0.1, -0.05) is 6.08 Å². The third-order valence-electron chi connectivity index (χ3n) is 5.79. The molecule has 1 aromatic heterocycles. The molecule has 0 spiro atoms. The Hall–Kier alpha value is -3.49. The fraction of sp³-hybridized carbons (Fsp3) is 0.318. The second-order valence-electron chi connectivity index (χ2n) is 8.55. The molecule has 37 heavy (non-hydrogen) atoms. The first kappa shape index (κ1) is 26.6. The largest absolute Gasteiger partial charge is 0.419 e. The number of carbonyl (C=O) groups is 2. The number of aromatic nitrogens is 1. The SMILES string of the molecule is CS(=O)(=O)c1cncc(C(=O)N2CC(F)(F)C2C(=O)N[C@H](C2=CC2)c2cc(F)c(C(F)(F)F)cc2F)c1. The van der Waals surface area contributed by atoms with Crippen molar-refractivity contribution in [2.24, 2.45) is 0 Å². The first-order chi connectivity index (χ1) is 17.0. The number of amides is 2. The molecule has 2 amide bonds. The Morgan fingerprint density at radius 2 is 1.78 bits per heavy atom. The van der Waals surface area contributed by atoms with Crippen LogP contribution in [-0.4, -0.2) is 54.9 Å². The molecule has 2 aromatic rings. The third-order valence-corrected chi connectivity index (χ3v) is 6.87. The average Bonchev–Trinajstić information content (AvgIpc) is 3.61. The van der Waals surface area contributed by atoms with Crippen molar-refractivity contribution in [1.29, 1.82) is 0 Å². The Labute approximate surface area is 204 Å². The Morgan fingerprint density at radius 1 is 1.14 bits per heavy atom. The molecular formula is C22H16F7N3O4S. The highest BCUT2D eigenvalue weighted by atomic mass is 32.2. The minimum atomic E-state index is -5.20. The smallest absolute Gasteiger partial charge is 0.343 e. The number of rotatable bonds is 6. The molecule has 1 fully saturated rings. The maximum Gasteiger partial charge on any atom is 0.419 e. The van der Waals surface area contributed by atoms with Crippen LogP contribution in [0.5, 0.6) is 0 Å². The molecule has 2 atom stereocenters. The predicted octanol–water partition coefficient (Wildman–Crippen LogP) is 3.43. The number of pyridine rings is 1. The quantitative estimate of drug-likeness (QED) is 0.439. The van der Waals surface area contributed by atoms with Gasteiger partial charge in [-0.25, -0.2) is 26.0 Å². The van der Waals surface area contributed by atoms with Crippen molar-refractivity contribution in [2.75, 3.05) is 12.8 Å². The maximum absolute atomic E-state index is 14.5. The second kappa shape index (κ2) is 8.82. The van der Waals surface area contributed by atoms with Crippen LogP contribution in [0.2, 0.25) is 0 Å². The first-order valence-electron chi connectivity index (χ1n) is 10.4. The van der Waals surface area contributed by atoms with E-state index in [1.165, 1.54) is 6.08 Å². The molecule has 0 bridgehead atoms. The summed E-state index contributed by atoms with van der Waals surface area (Å²) in [6.45, 7) is -1.20. The van der Waals surface area contributed by atoms with Gasteiger partial charge in [-0.15, -0.1) is 0 Å². The van der Waals surface area contributed by atoms with Crippen LogP contribution in [0.15, 0.2) is 47.1 Å². The molecule has 2 heterocycles. The number of carbonyl (C=O) groups excluding carboxylic acids is 2. The van der Waals surface area contributed by atoms with Gasteiger partial charge in [-0.3, -0.25) is 14.6 Å². The topological polar surface area (TPSA) is 96.4 Å². The zero-order chi connectivity index (χ0) is 27.5. The van der Waals surface area contributed by atoms with E-state index in [2.05, 4.69) is 10.3 Å². The molecule has 1 aromatic carbocycles. The summed E-state index contributed by atoms with van der Waals surface area (Å²) in [7, 11) is -3.80. The normalized spacial score (nSPS) is 19.5. The van der Waals surface area contributed by atoms with Gasteiger partial charge in [-0.2, -0.15) is 13.2 Å². The van der Waals surface area contributed by atoms with Crippen molar-refractivity contribution in [3.8, 4) is 0 Å². The lowest BCUT2D eigenvalue weighted by atomic mass is 9.94. The number of halogens is 7. The minimum absolute atomic E-state index is 0.0949. The molecule has 1 N–H and O–H groups in total. The number of hydrogen-bond donors (Lipinski definition) is 1. The molecule has 1 saturated heterocycles. The van der Waals surface area contributed by atoms with Crippen LogP contribution in [0.3, 0.4) is 0 Å². The fourth-order valence-corrected chi connectivity index (χ4v) is 4.43. The van der Waals surface area contributed by atoms with E-state index < -0.39 is 80.7 Å². The first-order valence-corrected chi connectivity index (χ1v) is 12.3. The zero-order valence-electron chi connectivity index (χ0n) is 18.6. The van der Waals surface area contributed by atoms with Gasteiger partial charge in [0.05, 0.1) is 28.6 Å². The van der Waals surface area contributed by atoms with Crippen LogP contribution >= 0.6 is 0 Å². The lowest BCUT2D eigenvalue weighted by Gasteiger charge is -2.46. The van der Waals surface area contributed by atoms with Gasteiger partial charge >= 0.3 is 6.18 Å². The molecule has 1 unspecified atom stereocenters. The number of benzene rings is 1. The van der Waals surface area contributed by atoms with Crippen LogP contribution < -0.4 is 5.32 Å². The lowest BCUT2D eigenvalue weighted by Crippen LogP contribution is -2.71. The zero-order valence-corrected chi connectivity index (χ0v) is 19.4. The van der Waals surface area contributed by atoms with Crippen molar-refractivity contribution in [2.45, 2.75) is 35.5 Å². The fourth-order valence-electron chi connectivity index (χ4n) is 3.83. The highest BCUT2D eigenvalue weighted by Crippen LogP contribution is 2.41. The molecule has 1 aliphatic carbocycles. The number of allylic oxidation sites excluding steroid dienone is 1. The van der Waals surface area contributed by atoms with Crippen LogP contribution in [0.1, 0.15) is 33.9 Å². The van der Waals surface area contributed by atoms with Gasteiger partial charge in [-0.05, 0) is 30.2 Å². The number of nitrogens with zero attached hydrogens (tertiary/aromatic N) is 2. The van der Waals surface area contributed by atoms with E-state index in [1.54, 1.807) is 0 Å². The van der Waals surface area contributed by atoms with Crippen LogP contribution in [0.4, 0.5) is 30.7 Å². The van der Waals surface area contributed by atoms with E-state index in [1.807, 2.05) is 0 Å². The molecule has 2 aliphatic rings. The summed E-state index contributed by atoms with van der Waals surface area (Å²) in [5.74, 6) is -9.71. The molecular weight excluding hydrogens is 535 g/mol. The summed E-state index contributed by atoms with van der Waals surface area (Å²) in [4.78, 5) is 29.3. The van der Waals surface area contributed by atoms with E-state index in [-0.39, 0.29) is 29.0 Å². The molecule has 15 heteroatoms. The summed E-state index contributed by atoms with van der Waals surface area (Å²) in [5.41, 5.74) is -2.76. The molecule has 0 saturated carbocycles. The molecule has 198 valence electrons. The number of sulfone groups is 1. The minimum Gasteiger partial charge on any atom is -0.343 e. The molecule has 1 aliphatic heterocycles. The van der Waals surface area contributed by atoms with Crippen molar-refractivity contribution in [3.05, 3.63) is 70.6 Å². The Morgan fingerprint density at radius 3 is 2.32 bits per heavy atom. The maximum atomic E-state index is 14.5. The average molecular weight is 551 g/mol. The van der Waals surface area contributed by atoms with E-state index >= 15 is 0 Å². The van der Waals surface area contributed by atoms with E-state index in [0.717, 1.165) is 24.7 Å². The van der Waals surface area contributed by atoms with Gasteiger partial charge in [0.1, 0.15) is 11.6 Å². The van der Waals surface area contributed by atoms with Crippen molar-refractivity contribution in [3.63, 3.8) is 0 Å². The van der Waals surface area contributed by atoms with Gasteiger partial charge in [0, 0.05) is 24.2 Å². The Balaban J connectivity index is 1.61. The summed E-state index contributed by atoms with van der Waals surface area (Å²) >= 11 is 0. The van der Waals surface area contributed by atoms with Crippen molar-refractivity contribution in [1.82, 2.24) is 15.2 Å². The number of alkyl halides is 5. The Kier molecular flexibility index (Phi) is 6.33. The molecule has 7 nitrogen and oxygen atoms in total. The highest BCUT2D eigenvalue weighted by molar-refractivity contribution is 7.90. The number of nitrogens with one attached hydrogen (secondary N) is 1. The molecule has 0 radical (unpaired) electrons. The Bertz CT molecular complexity index is 1440. The summed E-state index contributed by atoms with van der Waals surface area (Å²) in [6.07, 6.45) is -0.931. The summed E-state index contributed by atoms with van der Waals surface area (Å²) in [6, 6.07) is -2.94. The van der Waals surface area contributed by atoms with E-state index in [0.29, 0.717) is 4.90 Å². The van der Waals surface area contributed by atoms with Gasteiger partial charge in [0.2, 0.25) is 5.91 Å².